The topological polar surface area (TPSA) is 38.3 Å². The van der Waals surface area contributed by atoms with E-state index in [0.717, 1.165) is 6.07 Å². The molecule has 1 rings (SSSR count). The van der Waals surface area contributed by atoms with E-state index in [9.17, 15) is 13.6 Å². The van der Waals surface area contributed by atoms with Crippen molar-refractivity contribution in [1.82, 2.24) is 5.32 Å². The smallest absolute Gasteiger partial charge is 0.320 e. The van der Waals surface area contributed by atoms with E-state index in [4.69, 9.17) is 4.74 Å². The highest BCUT2D eigenvalue weighted by Gasteiger charge is 2.16. The fraction of sp³-hybridized carbons (Fsp3) is 0.462. The molecule has 0 unspecified atom stereocenters. The predicted octanol–water partition coefficient (Wildman–Crippen LogP) is 2.40. The molecule has 0 aromatic heterocycles. The molecule has 1 aromatic rings. The Bertz CT molecular complexity index is 427. The molecule has 0 amide bonds. The number of hydrogen-bond acceptors (Lipinski definition) is 3. The van der Waals surface area contributed by atoms with Gasteiger partial charge in [0.05, 0.1) is 6.54 Å². The third-order valence-electron chi connectivity index (χ3n) is 2.04. The highest BCUT2D eigenvalue weighted by molar-refractivity contribution is 5.72. The minimum atomic E-state index is -0.897. The fourth-order valence-corrected chi connectivity index (χ4v) is 1.36. The molecule has 0 radical (unpaired) electrons. The maximum Gasteiger partial charge on any atom is 0.320 e. The van der Waals surface area contributed by atoms with Crippen LogP contribution in [0.5, 0.6) is 0 Å². The molecule has 0 bridgehead atoms. The number of nitrogens with one attached hydrogen (secondary N) is 1. The number of carbonyl (C=O) groups is 1. The average molecular weight is 257 g/mol. The van der Waals surface area contributed by atoms with Crippen LogP contribution in [0.4, 0.5) is 8.78 Å². The summed E-state index contributed by atoms with van der Waals surface area (Å²) < 4.78 is 31.2. The van der Waals surface area contributed by atoms with Gasteiger partial charge in [-0.05, 0) is 26.8 Å². The molecule has 0 heterocycles. The van der Waals surface area contributed by atoms with E-state index in [1.54, 1.807) is 20.8 Å². The molecular weight excluding hydrogens is 240 g/mol. The maximum absolute atomic E-state index is 13.3. The third-order valence-corrected chi connectivity index (χ3v) is 2.04. The number of rotatable bonds is 4. The summed E-state index contributed by atoms with van der Waals surface area (Å²) in [5.41, 5.74) is -0.373. The molecule has 0 fully saturated rings. The Balaban J connectivity index is 2.43. The highest BCUT2D eigenvalue weighted by atomic mass is 19.2. The van der Waals surface area contributed by atoms with Crippen molar-refractivity contribution in [3.8, 4) is 0 Å². The van der Waals surface area contributed by atoms with Gasteiger partial charge in [-0.1, -0.05) is 12.1 Å². The van der Waals surface area contributed by atoms with Crippen molar-refractivity contribution < 1.29 is 18.3 Å². The average Bonchev–Trinajstić information content (AvgIpc) is 2.21. The molecule has 0 spiro atoms. The minimum absolute atomic E-state index is 0.0484. The van der Waals surface area contributed by atoms with E-state index in [0.29, 0.717) is 0 Å². The lowest BCUT2D eigenvalue weighted by Gasteiger charge is -2.19. The van der Waals surface area contributed by atoms with Crippen LogP contribution < -0.4 is 5.32 Å². The molecule has 0 atom stereocenters. The van der Waals surface area contributed by atoms with Crippen molar-refractivity contribution in [2.75, 3.05) is 6.54 Å². The first-order valence-corrected chi connectivity index (χ1v) is 5.65. The quantitative estimate of drug-likeness (QED) is 0.842. The van der Waals surface area contributed by atoms with Crippen LogP contribution in [0.15, 0.2) is 18.2 Å². The zero-order chi connectivity index (χ0) is 13.8. The highest BCUT2D eigenvalue weighted by Crippen LogP contribution is 2.11. The lowest BCUT2D eigenvalue weighted by molar-refractivity contribution is -0.153. The van der Waals surface area contributed by atoms with Gasteiger partial charge in [0.25, 0.3) is 0 Å². The lowest BCUT2D eigenvalue weighted by atomic mass is 10.2. The summed E-state index contributed by atoms with van der Waals surface area (Å²) in [6.07, 6.45) is 0. The lowest BCUT2D eigenvalue weighted by Crippen LogP contribution is -2.31. The summed E-state index contributed by atoms with van der Waals surface area (Å²) in [6, 6.07) is 3.93. The number of benzene rings is 1. The van der Waals surface area contributed by atoms with E-state index >= 15 is 0 Å². The number of hydrogen-bond donors (Lipinski definition) is 1. The summed E-state index contributed by atoms with van der Waals surface area (Å²) >= 11 is 0. The molecule has 3 nitrogen and oxygen atoms in total. The Morgan fingerprint density at radius 1 is 1.33 bits per heavy atom. The second-order valence-corrected chi connectivity index (χ2v) is 4.90. The zero-order valence-corrected chi connectivity index (χ0v) is 10.7. The summed E-state index contributed by atoms with van der Waals surface area (Å²) in [5, 5.41) is 2.71. The SMILES string of the molecule is CC(C)(C)OC(=O)CNCc1cccc(F)c1F. The standard InChI is InChI=1S/C13H17F2NO2/c1-13(2,3)18-11(17)8-16-7-9-5-4-6-10(14)12(9)15/h4-6,16H,7-8H2,1-3H3. The first kappa shape index (κ1) is 14.6. The van der Waals surface area contributed by atoms with Crippen molar-refractivity contribution in [2.45, 2.75) is 32.9 Å². The molecule has 0 aliphatic rings. The molecule has 0 aliphatic heterocycles. The van der Waals surface area contributed by atoms with E-state index in [1.807, 2.05) is 0 Å². The second-order valence-electron chi connectivity index (χ2n) is 4.90. The zero-order valence-electron chi connectivity index (χ0n) is 10.7. The first-order chi connectivity index (χ1) is 8.29. The molecule has 0 saturated carbocycles. The normalized spacial score (nSPS) is 11.4. The van der Waals surface area contributed by atoms with Crippen LogP contribution in [0.25, 0.3) is 0 Å². The maximum atomic E-state index is 13.3. The van der Waals surface area contributed by atoms with Gasteiger partial charge in [0, 0.05) is 12.1 Å². The fourth-order valence-electron chi connectivity index (χ4n) is 1.36. The van der Waals surface area contributed by atoms with Crippen LogP contribution in [0.1, 0.15) is 26.3 Å². The predicted molar refractivity (Wildman–Crippen MR) is 63.9 cm³/mol. The van der Waals surface area contributed by atoms with E-state index in [-0.39, 0.29) is 18.7 Å². The van der Waals surface area contributed by atoms with Gasteiger partial charge in [0.15, 0.2) is 11.6 Å². The molecule has 18 heavy (non-hydrogen) atoms. The van der Waals surface area contributed by atoms with Gasteiger partial charge < -0.3 is 10.1 Å². The summed E-state index contributed by atoms with van der Waals surface area (Å²) in [4.78, 5) is 11.3. The number of halogens is 2. The Hall–Kier alpha value is -1.49. The van der Waals surface area contributed by atoms with Crippen LogP contribution in [0, 0.1) is 11.6 Å². The number of ether oxygens (including phenoxy) is 1. The van der Waals surface area contributed by atoms with Gasteiger partial charge in [-0.15, -0.1) is 0 Å². The Morgan fingerprint density at radius 3 is 2.61 bits per heavy atom. The minimum Gasteiger partial charge on any atom is -0.459 e. The van der Waals surface area contributed by atoms with Crippen molar-refractivity contribution >= 4 is 5.97 Å². The van der Waals surface area contributed by atoms with Crippen molar-refractivity contribution in [1.29, 1.82) is 0 Å². The van der Waals surface area contributed by atoms with Gasteiger partial charge in [0.1, 0.15) is 5.60 Å². The van der Waals surface area contributed by atoms with Crippen molar-refractivity contribution in [2.24, 2.45) is 0 Å². The van der Waals surface area contributed by atoms with Crippen LogP contribution in [0.2, 0.25) is 0 Å². The first-order valence-electron chi connectivity index (χ1n) is 5.65. The molecule has 1 aromatic carbocycles. The molecule has 1 N–H and O–H groups in total. The van der Waals surface area contributed by atoms with Gasteiger partial charge >= 0.3 is 5.97 Å². The Kier molecular flexibility index (Phi) is 4.78. The van der Waals surface area contributed by atoms with Crippen LogP contribution in [-0.2, 0) is 16.1 Å². The van der Waals surface area contributed by atoms with Gasteiger partial charge in [0.2, 0.25) is 0 Å². The van der Waals surface area contributed by atoms with Gasteiger partial charge in [-0.3, -0.25) is 4.79 Å². The molecule has 5 heteroatoms. The van der Waals surface area contributed by atoms with Crippen molar-refractivity contribution in [3.05, 3.63) is 35.4 Å². The molecule has 100 valence electrons. The summed E-state index contributed by atoms with van der Waals surface area (Å²) in [7, 11) is 0. The monoisotopic (exact) mass is 257 g/mol. The largest absolute Gasteiger partial charge is 0.459 e. The van der Waals surface area contributed by atoms with E-state index in [1.165, 1.54) is 12.1 Å². The van der Waals surface area contributed by atoms with E-state index in [2.05, 4.69) is 5.32 Å². The molecule has 0 saturated heterocycles. The Morgan fingerprint density at radius 2 is 2.00 bits per heavy atom. The van der Waals surface area contributed by atoms with E-state index < -0.39 is 23.2 Å². The number of esters is 1. The van der Waals surface area contributed by atoms with Crippen LogP contribution >= 0.6 is 0 Å². The number of carbonyl (C=O) groups excluding carboxylic acids is 1. The third kappa shape index (κ3) is 4.79. The second kappa shape index (κ2) is 5.91. The Labute approximate surface area is 105 Å². The van der Waals surface area contributed by atoms with Gasteiger partial charge in [-0.2, -0.15) is 0 Å². The summed E-state index contributed by atoms with van der Waals surface area (Å²) in [5.74, 6) is -2.22. The van der Waals surface area contributed by atoms with Gasteiger partial charge in [-0.25, -0.2) is 8.78 Å². The van der Waals surface area contributed by atoms with Crippen LogP contribution in [0.3, 0.4) is 0 Å². The summed E-state index contributed by atoms with van der Waals surface area (Å²) in [6.45, 7) is 5.31. The van der Waals surface area contributed by atoms with Crippen molar-refractivity contribution in [3.63, 3.8) is 0 Å². The molecule has 0 aliphatic carbocycles. The molecular formula is C13H17F2NO2. The van der Waals surface area contributed by atoms with Crippen LogP contribution in [-0.4, -0.2) is 18.1 Å².